The maximum atomic E-state index is 4.70. The summed E-state index contributed by atoms with van der Waals surface area (Å²) in [7, 11) is -0.446. The predicted octanol–water partition coefficient (Wildman–Crippen LogP) is 33.1. The van der Waals surface area contributed by atoms with Gasteiger partial charge in [-0.3, -0.25) is 0 Å². The number of benzene rings is 5. The summed E-state index contributed by atoms with van der Waals surface area (Å²) in [6.45, 7) is 28.6. The van der Waals surface area contributed by atoms with Gasteiger partial charge in [0.2, 0.25) is 0 Å². The predicted molar refractivity (Wildman–Crippen MR) is 525 cm³/mol. The summed E-state index contributed by atoms with van der Waals surface area (Å²) in [5.74, 6) is 0. The molecule has 0 bridgehead atoms. The zero-order valence-electron chi connectivity index (χ0n) is 71.1. The van der Waals surface area contributed by atoms with Gasteiger partial charge in [-0.05, 0) is 123 Å². The van der Waals surface area contributed by atoms with Crippen LogP contribution in [0.25, 0.3) is 52.0 Å². The van der Waals surface area contributed by atoms with Crippen molar-refractivity contribution >= 4 is 189 Å². The molecule has 0 amide bonds. The van der Waals surface area contributed by atoms with E-state index in [4.69, 9.17) is 4.37 Å². The molecule has 6 heterocycles. The Hall–Kier alpha value is -2.47. The number of fused-ring (bicyclic) bond motifs is 8. The van der Waals surface area contributed by atoms with E-state index in [1.54, 1.807) is 42.6 Å². The number of aromatic nitrogens is 4. The normalized spacial score (nSPS) is 13.2. The fraction of sp³-hybridized carbons (Fsp3) is 0.531. The number of hydrogen-bond donors (Lipinski definition) is 0. The van der Waals surface area contributed by atoms with Crippen LogP contribution in [0.4, 0.5) is 0 Å². The summed E-state index contributed by atoms with van der Waals surface area (Å²) in [4.78, 5) is 9.55. The van der Waals surface area contributed by atoms with Gasteiger partial charge in [0.15, 0.2) is 0 Å². The Morgan fingerprint density at radius 3 is 1.00 bits per heavy atom. The molecular formula is C98H135Br2N4PS6Sn2. The second kappa shape index (κ2) is 47.7. The molecule has 0 N–H and O–H groups in total. The molecule has 11 aromatic rings. The first kappa shape index (κ1) is 92.8. The van der Waals surface area contributed by atoms with Crippen molar-refractivity contribution in [2.45, 2.75) is 326 Å². The summed E-state index contributed by atoms with van der Waals surface area (Å²) in [5, 5.41) is 4.19. The van der Waals surface area contributed by atoms with Crippen LogP contribution in [0.2, 0.25) is 26.6 Å². The number of hydrogen-bond acceptors (Lipinski definition) is 10. The van der Waals surface area contributed by atoms with E-state index < -0.39 is 44.7 Å². The molecule has 0 unspecified atom stereocenters. The zero-order valence-corrected chi connectivity index (χ0v) is 85.8. The summed E-state index contributed by atoms with van der Waals surface area (Å²) >= 11 is 13.1. The number of nitrogens with zero attached hydrogens (tertiary/aromatic N) is 4. The topological polar surface area (TPSA) is 51.6 Å². The van der Waals surface area contributed by atoms with Crippen LogP contribution in [0.1, 0.15) is 307 Å². The van der Waals surface area contributed by atoms with E-state index in [-0.39, 0.29) is 5.41 Å². The summed E-state index contributed by atoms with van der Waals surface area (Å²) < 4.78 is 33.2. The molecule has 15 heteroatoms. The van der Waals surface area contributed by atoms with Crippen LogP contribution < -0.4 is 21.7 Å². The molecule has 5 aromatic carbocycles. The van der Waals surface area contributed by atoms with Crippen molar-refractivity contribution in [3.8, 4) is 29.9 Å². The monoisotopic (exact) mass is 1990 g/mol. The maximum absolute atomic E-state index is 4.70. The minimum absolute atomic E-state index is 0.190. The van der Waals surface area contributed by atoms with Gasteiger partial charge in [-0.2, -0.15) is 17.5 Å². The van der Waals surface area contributed by atoms with Gasteiger partial charge in [0, 0.05) is 39.4 Å². The quantitative estimate of drug-likeness (QED) is 0.0217. The molecule has 2 aliphatic carbocycles. The molecule has 610 valence electrons. The van der Waals surface area contributed by atoms with Gasteiger partial charge in [-0.1, -0.05) is 168 Å². The molecule has 13 rings (SSSR count). The van der Waals surface area contributed by atoms with Crippen molar-refractivity contribution < 1.29 is 0 Å². The zero-order chi connectivity index (χ0) is 80.1. The summed E-state index contributed by atoms with van der Waals surface area (Å²) in [6.07, 6.45) is 44.3. The first-order valence-electron chi connectivity index (χ1n) is 44.5. The average Bonchev–Trinajstić information content (AvgIpc) is 1.55. The molecule has 0 atom stereocenters. The Morgan fingerprint density at radius 1 is 0.319 bits per heavy atom. The van der Waals surface area contributed by atoms with Crippen LogP contribution in [0.5, 0.6) is 0 Å². The Kier molecular flexibility index (Phi) is 39.1. The van der Waals surface area contributed by atoms with Crippen LogP contribution in [0.3, 0.4) is 0 Å². The Balaban J connectivity index is 0.000000180. The first-order valence-corrected chi connectivity index (χ1v) is 67.1. The van der Waals surface area contributed by atoms with Gasteiger partial charge in [0.25, 0.3) is 0 Å². The Bertz CT molecular complexity index is 4300. The molecule has 113 heavy (non-hydrogen) atoms. The number of thiophene rings is 4. The van der Waals surface area contributed by atoms with Gasteiger partial charge < -0.3 is 0 Å². The van der Waals surface area contributed by atoms with Gasteiger partial charge in [0.1, 0.15) is 22.1 Å². The van der Waals surface area contributed by atoms with Crippen molar-refractivity contribution in [3.05, 3.63) is 181 Å². The minimum Gasteiger partial charge on any atom is -0.173 e. The molecule has 4 nitrogen and oxygen atoms in total. The first-order chi connectivity index (χ1) is 55.2. The van der Waals surface area contributed by atoms with Crippen molar-refractivity contribution in [2.75, 3.05) is 0 Å². The molecule has 6 aromatic heterocycles. The van der Waals surface area contributed by atoms with E-state index in [2.05, 4.69) is 278 Å². The van der Waals surface area contributed by atoms with Crippen LogP contribution in [-0.4, -0.2) is 54.2 Å². The van der Waals surface area contributed by atoms with Gasteiger partial charge in [-0.15, -0.1) is 22.7 Å². The van der Waals surface area contributed by atoms with E-state index in [1.807, 2.05) is 61.5 Å². The number of unbranched alkanes of at least 4 members (excludes halogenated alkanes) is 18. The molecule has 0 spiro atoms. The molecule has 0 radical (unpaired) electrons. The number of halogens is 2. The van der Waals surface area contributed by atoms with E-state index in [0.29, 0.717) is 5.41 Å². The summed E-state index contributed by atoms with van der Waals surface area (Å²) in [5.41, 5.74) is 13.9. The van der Waals surface area contributed by atoms with Crippen LogP contribution in [-0.2, 0) is 10.8 Å². The smallest absolute Gasteiger partial charge is 0.113 e. The fourth-order valence-corrected chi connectivity index (χ4v) is 66.2. The maximum Gasteiger partial charge on any atom is 0.113 e. The van der Waals surface area contributed by atoms with Crippen LogP contribution >= 0.6 is 109 Å². The Morgan fingerprint density at radius 2 is 0.637 bits per heavy atom. The van der Waals surface area contributed by atoms with Gasteiger partial charge >= 0.3 is 327 Å². The number of rotatable bonds is 44. The van der Waals surface area contributed by atoms with Crippen molar-refractivity contribution in [2.24, 2.45) is 0 Å². The molecular weight excluding hydrogens is 1850 g/mol. The largest absolute Gasteiger partial charge is 0.173 e. The summed E-state index contributed by atoms with van der Waals surface area (Å²) in [6, 6.07) is 51.8. The molecule has 0 saturated carbocycles. The standard InChI is InChI=1S/C29H36N2S3.C21H28S2.C18H15P.C6H2Br2N2S.6C4H9.2Sn/c1-5-7-9-11-15-29(16-12-10-8-6-2)22-17-20(4)32-27(22)28-23(29)18-24(33-28)21-14-13-19(3)25-26(21)31-34-30-25;1-3-5-7-9-13-21(14-10-8-6-4-2)17-11-15-22-19(17)20-18(21)12-16-23-20;1-4-10-16(11-5-1)19(17-12-6-2-7-13-17)18-14-8-3-9-15-18;7-3-1-2-4(8)6-5(3)9-11-10-6;6*1-3-4-2;;/h13-14,17-18H,5-12,15-16H2,1-4H3;11-12H,3-10,13-14H2,1-2H3;1-15H;1-2H;6*1,3-4H2,2H3;;. The Labute approximate surface area is 735 Å². The second-order valence-electron chi connectivity index (χ2n) is 33.0. The van der Waals surface area contributed by atoms with E-state index >= 15 is 0 Å². The average molecular weight is 1990 g/mol. The third-order valence-corrected chi connectivity index (χ3v) is 70.7. The van der Waals surface area contributed by atoms with E-state index in [0.717, 1.165) is 31.0 Å². The number of aryl methyl sites for hydroxylation is 2. The van der Waals surface area contributed by atoms with E-state index in [1.165, 1.54) is 271 Å². The van der Waals surface area contributed by atoms with Crippen molar-refractivity contribution in [1.29, 1.82) is 0 Å². The van der Waals surface area contributed by atoms with Crippen molar-refractivity contribution in [3.63, 3.8) is 0 Å². The van der Waals surface area contributed by atoms with Gasteiger partial charge in [-0.25, -0.2) is 0 Å². The van der Waals surface area contributed by atoms with Crippen LogP contribution in [0, 0.1) is 13.8 Å². The second-order valence-corrected chi connectivity index (χ2v) is 70.7. The third kappa shape index (κ3) is 23.2. The minimum atomic E-state index is -2.54. The molecule has 0 fully saturated rings. The van der Waals surface area contributed by atoms with Gasteiger partial charge in [0.05, 0.1) is 23.5 Å². The van der Waals surface area contributed by atoms with Crippen molar-refractivity contribution in [1.82, 2.24) is 17.5 Å². The SMILES string of the molecule is Brc1ccc(Br)c2nsnc12.CCCCCCC1(CCCCCC)c2c[c]([Sn]([CH2]CCC)([CH2]CCC)[CH2]CCC)sc2-c2s[c]([Sn]([CH2]CCC)([CH2]CCC)[CH2]CCC)cc21.CCCCCCC1(CCCCCC)c2cc(C)sc2-c2sc(-c3ccc(C)c4nsnc34)cc21.c1ccc(P(c2ccccc2)c2ccccc2)cc1. The third-order valence-electron chi connectivity index (χ3n) is 24.7. The van der Waals surface area contributed by atoms with Crippen LogP contribution in [0.15, 0.2) is 148 Å². The van der Waals surface area contributed by atoms with E-state index in [9.17, 15) is 0 Å². The molecule has 2 aliphatic rings. The molecule has 0 aliphatic heterocycles. The fourth-order valence-electron chi connectivity index (χ4n) is 18.2. The molecule has 0 saturated heterocycles.